The van der Waals surface area contributed by atoms with Crippen LogP contribution in [-0.4, -0.2) is 35.2 Å². The van der Waals surface area contributed by atoms with Gasteiger partial charge in [-0.3, -0.25) is 4.90 Å². The summed E-state index contributed by atoms with van der Waals surface area (Å²) in [5, 5.41) is 9.09. The Bertz CT molecular complexity index is 181. The minimum absolute atomic E-state index is 0.290. The van der Waals surface area contributed by atoms with E-state index in [1.165, 1.54) is 19.3 Å². The lowest BCUT2D eigenvalue weighted by Crippen LogP contribution is -2.45. The predicted octanol–water partition coefficient (Wildman–Crippen LogP) is 2.51. The van der Waals surface area contributed by atoms with Crippen LogP contribution in [0.15, 0.2) is 0 Å². The summed E-state index contributed by atoms with van der Waals surface area (Å²) in [6, 6.07) is 1.26. The first-order chi connectivity index (χ1) is 7.06. The molecule has 0 saturated heterocycles. The third-order valence-corrected chi connectivity index (χ3v) is 4.06. The quantitative estimate of drug-likeness (QED) is 0.775. The molecule has 1 aliphatic rings. The second-order valence-electron chi connectivity index (χ2n) is 5.48. The average Bonchev–Trinajstić information content (AvgIpc) is 2.18. The van der Waals surface area contributed by atoms with Crippen LogP contribution in [0.1, 0.15) is 47.0 Å². The van der Waals surface area contributed by atoms with Gasteiger partial charge >= 0.3 is 0 Å². The van der Waals surface area contributed by atoms with Crippen LogP contribution in [0.25, 0.3) is 0 Å². The van der Waals surface area contributed by atoms with Crippen LogP contribution in [0.2, 0.25) is 0 Å². The molecule has 0 amide bonds. The van der Waals surface area contributed by atoms with Crippen LogP contribution in [0.5, 0.6) is 0 Å². The zero-order valence-corrected chi connectivity index (χ0v) is 10.7. The fraction of sp³-hybridized carbons (Fsp3) is 1.00. The van der Waals surface area contributed by atoms with Gasteiger partial charge in [0, 0.05) is 18.6 Å². The molecule has 2 heteroatoms. The van der Waals surface area contributed by atoms with Crippen molar-refractivity contribution in [3.8, 4) is 0 Å². The Morgan fingerprint density at radius 2 is 1.87 bits per heavy atom. The van der Waals surface area contributed by atoms with E-state index in [0.29, 0.717) is 18.7 Å². The molecular formula is C13H27NO. The van der Waals surface area contributed by atoms with E-state index >= 15 is 0 Å². The molecule has 0 aromatic rings. The maximum absolute atomic E-state index is 9.09. The zero-order chi connectivity index (χ0) is 11.4. The molecule has 0 heterocycles. The first kappa shape index (κ1) is 13.0. The maximum atomic E-state index is 9.09. The molecule has 0 aliphatic heterocycles. The van der Waals surface area contributed by atoms with E-state index < -0.39 is 0 Å². The molecule has 1 aliphatic carbocycles. The SMILES string of the molecule is CC1CCC(N(CCO)C(C)C)CC1C. The molecule has 1 rings (SSSR count). The normalized spacial score (nSPS) is 32.6. The Morgan fingerprint density at radius 1 is 1.20 bits per heavy atom. The zero-order valence-electron chi connectivity index (χ0n) is 10.7. The van der Waals surface area contributed by atoms with Crippen molar-refractivity contribution in [1.29, 1.82) is 0 Å². The molecule has 15 heavy (non-hydrogen) atoms. The number of nitrogens with zero attached hydrogens (tertiary/aromatic N) is 1. The van der Waals surface area contributed by atoms with Crippen molar-refractivity contribution in [3.05, 3.63) is 0 Å². The van der Waals surface area contributed by atoms with E-state index in [4.69, 9.17) is 5.11 Å². The van der Waals surface area contributed by atoms with Crippen molar-refractivity contribution in [2.45, 2.75) is 59.0 Å². The molecule has 0 radical (unpaired) electrons. The van der Waals surface area contributed by atoms with Crippen molar-refractivity contribution in [3.63, 3.8) is 0 Å². The Morgan fingerprint density at radius 3 is 2.33 bits per heavy atom. The van der Waals surface area contributed by atoms with E-state index in [-0.39, 0.29) is 0 Å². The van der Waals surface area contributed by atoms with Crippen LogP contribution < -0.4 is 0 Å². The molecule has 0 aromatic heterocycles. The van der Waals surface area contributed by atoms with Gasteiger partial charge < -0.3 is 5.11 Å². The molecular weight excluding hydrogens is 186 g/mol. The van der Waals surface area contributed by atoms with Crippen molar-refractivity contribution in [2.75, 3.05) is 13.2 Å². The number of aliphatic hydroxyl groups excluding tert-OH is 1. The van der Waals surface area contributed by atoms with Gasteiger partial charge in [0.25, 0.3) is 0 Å². The second kappa shape index (κ2) is 5.86. The smallest absolute Gasteiger partial charge is 0.0558 e. The fourth-order valence-corrected chi connectivity index (χ4v) is 2.80. The van der Waals surface area contributed by atoms with Crippen LogP contribution in [0.3, 0.4) is 0 Å². The summed E-state index contributed by atoms with van der Waals surface area (Å²) >= 11 is 0. The van der Waals surface area contributed by atoms with E-state index in [0.717, 1.165) is 18.4 Å². The van der Waals surface area contributed by atoms with Gasteiger partial charge in [0.15, 0.2) is 0 Å². The average molecular weight is 213 g/mol. The molecule has 2 nitrogen and oxygen atoms in total. The minimum atomic E-state index is 0.290. The molecule has 0 spiro atoms. The highest BCUT2D eigenvalue weighted by Crippen LogP contribution is 2.32. The molecule has 3 unspecified atom stereocenters. The molecule has 1 N–H and O–H groups in total. The van der Waals surface area contributed by atoms with Gasteiger partial charge in [-0.05, 0) is 44.9 Å². The summed E-state index contributed by atoms with van der Waals surface area (Å²) in [7, 11) is 0. The second-order valence-corrected chi connectivity index (χ2v) is 5.48. The van der Waals surface area contributed by atoms with Crippen LogP contribution in [-0.2, 0) is 0 Å². The summed E-state index contributed by atoms with van der Waals surface area (Å²) in [6.07, 6.45) is 3.96. The van der Waals surface area contributed by atoms with Gasteiger partial charge in [-0.1, -0.05) is 13.8 Å². The Kier molecular flexibility index (Phi) is 5.07. The summed E-state index contributed by atoms with van der Waals surface area (Å²) in [4.78, 5) is 2.47. The van der Waals surface area contributed by atoms with Gasteiger partial charge in [0.1, 0.15) is 0 Å². The summed E-state index contributed by atoms with van der Waals surface area (Å²) < 4.78 is 0. The van der Waals surface area contributed by atoms with Crippen molar-refractivity contribution < 1.29 is 5.11 Å². The van der Waals surface area contributed by atoms with Crippen LogP contribution >= 0.6 is 0 Å². The van der Waals surface area contributed by atoms with Crippen LogP contribution in [0.4, 0.5) is 0 Å². The molecule has 1 fully saturated rings. The summed E-state index contributed by atoms with van der Waals surface area (Å²) in [5.41, 5.74) is 0. The first-order valence-corrected chi connectivity index (χ1v) is 6.42. The topological polar surface area (TPSA) is 23.5 Å². The summed E-state index contributed by atoms with van der Waals surface area (Å²) in [5.74, 6) is 1.72. The van der Waals surface area contributed by atoms with Crippen molar-refractivity contribution in [1.82, 2.24) is 4.90 Å². The highest BCUT2D eigenvalue weighted by Gasteiger charge is 2.29. The van der Waals surface area contributed by atoms with Crippen LogP contribution in [0, 0.1) is 11.8 Å². The number of hydrogen-bond acceptors (Lipinski definition) is 2. The van der Waals surface area contributed by atoms with E-state index in [1.54, 1.807) is 0 Å². The van der Waals surface area contributed by atoms with Gasteiger partial charge in [0.05, 0.1) is 6.61 Å². The number of hydrogen-bond donors (Lipinski definition) is 1. The third-order valence-electron chi connectivity index (χ3n) is 4.06. The number of aliphatic hydroxyl groups is 1. The molecule has 3 atom stereocenters. The van der Waals surface area contributed by atoms with Crippen molar-refractivity contribution in [2.24, 2.45) is 11.8 Å². The maximum Gasteiger partial charge on any atom is 0.0558 e. The first-order valence-electron chi connectivity index (χ1n) is 6.42. The van der Waals surface area contributed by atoms with Gasteiger partial charge in [-0.25, -0.2) is 0 Å². The van der Waals surface area contributed by atoms with Crippen molar-refractivity contribution >= 4 is 0 Å². The standard InChI is InChI=1S/C13H27NO/c1-10(2)14(7-8-15)13-6-5-11(3)12(4)9-13/h10-13,15H,5-9H2,1-4H3. The number of rotatable bonds is 4. The highest BCUT2D eigenvalue weighted by atomic mass is 16.3. The lowest BCUT2D eigenvalue weighted by molar-refractivity contribution is 0.0664. The lowest BCUT2D eigenvalue weighted by Gasteiger charge is -2.41. The Labute approximate surface area is 94.7 Å². The van der Waals surface area contributed by atoms with E-state index in [1.807, 2.05) is 0 Å². The lowest BCUT2D eigenvalue weighted by atomic mass is 9.78. The molecule has 1 saturated carbocycles. The summed E-state index contributed by atoms with van der Waals surface area (Å²) in [6.45, 7) is 10.3. The predicted molar refractivity (Wildman–Crippen MR) is 64.9 cm³/mol. The van der Waals surface area contributed by atoms with E-state index in [2.05, 4.69) is 32.6 Å². The largest absolute Gasteiger partial charge is 0.395 e. The van der Waals surface area contributed by atoms with Gasteiger partial charge in [-0.15, -0.1) is 0 Å². The molecule has 0 aromatic carbocycles. The highest BCUT2D eigenvalue weighted by molar-refractivity contribution is 4.83. The fourth-order valence-electron chi connectivity index (χ4n) is 2.80. The van der Waals surface area contributed by atoms with Gasteiger partial charge in [-0.2, -0.15) is 0 Å². The monoisotopic (exact) mass is 213 g/mol. The Hall–Kier alpha value is -0.0800. The Balaban J connectivity index is 2.53. The third kappa shape index (κ3) is 3.46. The molecule has 90 valence electrons. The van der Waals surface area contributed by atoms with E-state index in [9.17, 15) is 0 Å². The minimum Gasteiger partial charge on any atom is -0.395 e. The van der Waals surface area contributed by atoms with Gasteiger partial charge in [0.2, 0.25) is 0 Å². The molecule has 0 bridgehead atoms.